The van der Waals surface area contributed by atoms with E-state index in [0.717, 1.165) is 25.7 Å². The van der Waals surface area contributed by atoms with Gasteiger partial charge in [0.2, 0.25) is 10.0 Å². The first-order valence-corrected chi connectivity index (χ1v) is 6.13. The zero-order valence-corrected chi connectivity index (χ0v) is 8.44. The Morgan fingerprint density at radius 2 is 2.00 bits per heavy atom. The van der Waals surface area contributed by atoms with Crippen LogP contribution in [0.5, 0.6) is 0 Å². The molecule has 74 valence electrons. The summed E-state index contributed by atoms with van der Waals surface area (Å²) in [5.74, 6) is 2.40. The predicted molar refractivity (Wildman–Crippen MR) is 52.6 cm³/mol. The standard InChI is InChI=1S/C9H15NO2S/c1-2-3-8-10-13(11,12)9-6-4-5-7-9/h1,9-10H,3-8H2. The molecular weight excluding hydrogens is 186 g/mol. The van der Waals surface area contributed by atoms with Crippen molar-refractivity contribution in [2.75, 3.05) is 6.54 Å². The van der Waals surface area contributed by atoms with Crippen molar-refractivity contribution in [2.24, 2.45) is 0 Å². The maximum Gasteiger partial charge on any atom is 0.214 e. The van der Waals surface area contributed by atoms with Crippen molar-refractivity contribution >= 4 is 10.0 Å². The molecule has 0 aromatic carbocycles. The molecule has 0 radical (unpaired) electrons. The summed E-state index contributed by atoms with van der Waals surface area (Å²) in [6.07, 6.45) is 9.14. The second-order valence-corrected chi connectivity index (χ2v) is 5.35. The van der Waals surface area contributed by atoms with Gasteiger partial charge < -0.3 is 0 Å². The Bertz CT molecular complexity index is 283. The predicted octanol–water partition coefficient (Wildman–Crippen LogP) is 0.872. The highest BCUT2D eigenvalue weighted by Crippen LogP contribution is 2.23. The Kier molecular flexibility index (Phi) is 3.76. The second kappa shape index (κ2) is 4.64. The zero-order valence-electron chi connectivity index (χ0n) is 7.62. The van der Waals surface area contributed by atoms with E-state index >= 15 is 0 Å². The van der Waals surface area contributed by atoms with Crippen molar-refractivity contribution in [1.82, 2.24) is 4.72 Å². The molecule has 0 bridgehead atoms. The van der Waals surface area contributed by atoms with Gasteiger partial charge in [0, 0.05) is 13.0 Å². The van der Waals surface area contributed by atoms with Gasteiger partial charge in [-0.1, -0.05) is 12.8 Å². The van der Waals surface area contributed by atoms with Crippen LogP contribution in [0.2, 0.25) is 0 Å². The Labute approximate surface area is 80.0 Å². The van der Waals surface area contributed by atoms with Crippen LogP contribution in [0.4, 0.5) is 0 Å². The number of terminal acetylenes is 1. The fourth-order valence-corrected chi connectivity index (χ4v) is 3.16. The van der Waals surface area contributed by atoms with Crippen LogP contribution in [-0.2, 0) is 10.0 Å². The number of rotatable bonds is 4. The van der Waals surface area contributed by atoms with E-state index in [0.29, 0.717) is 13.0 Å². The topological polar surface area (TPSA) is 46.2 Å². The summed E-state index contributed by atoms with van der Waals surface area (Å²) in [5.41, 5.74) is 0. The molecule has 0 saturated heterocycles. The van der Waals surface area contributed by atoms with Crippen molar-refractivity contribution in [1.29, 1.82) is 0 Å². The van der Waals surface area contributed by atoms with Crippen LogP contribution in [0.15, 0.2) is 0 Å². The molecule has 0 unspecified atom stereocenters. The monoisotopic (exact) mass is 201 g/mol. The van der Waals surface area contributed by atoms with Crippen molar-refractivity contribution < 1.29 is 8.42 Å². The molecule has 0 aromatic rings. The summed E-state index contributed by atoms with van der Waals surface area (Å²) in [5, 5.41) is -0.176. The molecule has 0 heterocycles. The molecule has 0 spiro atoms. The number of nitrogens with one attached hydrogen (secondary N) is 1. The van der Waals surface area contributed by atoms with Crippen LogP contribution >= 0.6 is 0 Å². The van der Waals surface area contributed by atoms with Gasteiger partial charge >= 0.3 is 0 Å². The molecule has 3 nitrogen and oxygen atoms in total. The Balaban J connectivity index is 2.41. The molecule has 13 heavy (non-hydrogen) atoms. The van der Waals surface area contributed by atoms with Crippen LogP contribution in [0.25, 0.3) is 0 Å². The third kappa shape index (κ3) is 3.02. The molecule has 1 aliphatic rings. The SMILES string of the molecule is C#CCCNS(=O)(=O)C1CCCC1. The van der Waals surface area contributed by atoms with Crippen molar-refractivity contribution in [3.8, 4) is 12.3 Å². The van der Waals surface area contributed by atoms with Crippen LogP contribution in [0, 0.1) is 12.3 Å². The third-order valence-electron chi connectivity index (χ3n) is 2.31. The average Bonchev–Trinajstić information content (AvgIpc) is 2.56. The lowest BCUT2D eigenvalue weighted by Crippen LogP contribution is -2.33. The van der Waals surface area contributed by atoms with Crippen LogP contribution in [0.3, 0.4) is 0 Å². The van der Waals surface area contributed by atoms with Crippen LogP contribution < -0.4 is 4.72 Å². The Hall–Kier alpha value is -0.530. The lowest BCUT2D eigenvalue weighted by molar-refractivity contribution is 0.565. The van der Waals surface area contributed by atoms with Gasteiger partial charge in [-0.05, 0) is 12.8 Å². The highest BCUT2D eigenvalue weighted by atomic mass is 32.2. The van der Waals surface area contributed by atoms with E-state index < -0.39 is 10.0 Å². The summed E-state index contributed by atoms with van der Waals surface area (Å²) < 4.78 is 25.6. The van der Waals surface area contributed by atoms with Gasteiger partial charge in [-0.2, -0.15) is 0 Å². The lowest BCUT2D eigenvalue weighted by atomic mass is 10.4. The maximum atomic E-state index is 11.5. The van der Waals surface area contributed by atoms with E-state index in [4.69, 9.17) is 6.42 Å². The maximum absolute atomic E-state index is 11.5. The van der Waals surface area contributed by atoms with E-state index in [-0.39, 0.29) is 5.25 Å². The summed E-state index contributed by atoms with van der Waals surface area (Å²) in [6, 6.07) is 0. The quantitative estimate of drug-likeness (QED) is 0.542. The van der Waals surface area contributed by atoms with E-state index in [1.165, 1.54) is 0 Å². The van der Waals surface area contributed by atoms with Gasteiger partial charge in [-0.3, -0.25) is 0 Å². The van der Waals surface area contributed by atoms with Gasteiger partial charge in [0.05, 0.1) is 5.25 Å². The fraction of sp³-hybridized carbons (Fsp3) is 0.778. The first kappa shape index (κ1) is 10.6. The number of hydrogen-bond acceptors (Lipinski definition) is 2. The first-order valence-electron chi connectivity index (χ1n) is 4.59. The van der Waals surface area contributed by atoms with Gasteiger partial charge in [0.15, 0.2) is 0 Å². The summed E-state index contributed by atoms with van der Waals surface area (Å²) in [7, 11) is -3.08. The number of hydrogen-bond donors (Lipinski definition) is 1. The molecule has 4 heteroatoms. The smallest absolute Gasteiger partial charge is 0.214 e. The molecule has 1 rings (SSSR count). The Morgan fingerprint density at radius 1 is 1.38 bits per heavy atom. The normalized spacial score (nSPS) is 18.7. The third-order valence-corrected chi connectivity index (χ3v) is 4.27. The fourth-order valence-electron chi connectivity index (χ4n) is 1.58. The molecule has 1 saturated carbocycles. The zero-order chi connectivity index (χ0) is 9.73. The molecule has 1 fully saturated rings. The first-order chi connectivity index (χ1) is 6.17. The molecule has 1 N–H and O–H groups in total. The molecule has 0 amide bonds. The second-order valence-electron chi connectivity index (χ2n) is 3.30. The van der Waals surface area contributed by atoms with E-state index in [2.05, 4.69) is 10.6 Å². The van der Waals surface area contributed by atoms with Crippen molar-refractivity contribution in [2.45, 2.75) is 37.4 Å². The molecule has 0 aromatic heterocycles. The van der Waals surface area contributed by atoms with Crippen LogP contribution in [0.1, 0.15) is 32.1 Å². The summed E-state index contributed by atoms with van der Waals surface area (Å²) in [4.78, 5) is 0. The minimum Gasteiger partial charge on any atom is -0.214 e. The molecule has 1 aliphatic carbocycles. The van der Waals surface area contributed by atoms with E-state index in [1.807, 2.05) is 0 Å². The van der Waals surface area contributed by atoms with Crippen LogP contribution in [-0.4, -0.2) is 20.2 Å². The highest BCUT2D eigenvalue weighted by molar-refractivity contribution is 7.90. The average molecular weight is 201 g/mol. The van der Waals surface area contributed by atoms with E-state index in [9.17, 15) is 8.42 Å². The van der Waals surface area contributed by atoms with Crippen molar-refractivity contribution in [3.05, 3.63) is 0 Å². The molecule has 0 atom stereocenters. The minimum absolute atomic E-state index is 0.176. The van der Waals surface area contributed by atoms with Gasteiger partial charge in [-0.15, -0.1) is 12.3 Å². The molecule has 0 aliphatic heterocycles. The molecular formula is C9H15NO2S. The number of sulfonamides is 1. The van der Waals surface area contributed by atoms with Crippen molar-refractivity contribution in [3.63, 3.8) is 0 Å². The Morgan fingerprint density at radius 3 is 2.54 bits per heavy atom. The minimum atomic E-state index is -3.08. The van der Waals surface area contributed by atoms with Gasteiger partial charge in [0.25, 0.3) is 0 Å². The lowest BCUT2D eigenvalue weighted by Gasteiger charge is -2.10. The van der Waals surface area contributed by atoms with E-state index in [1.54, 1.807) is 0 Å². The largest absolute Gasteiger partial charge is 0.214 e. The summed E-state index contributed by atoms with van der Waals surface area (Å²) >= 11 is 0. The summed E-state index contributed by atoms with van der Waals surface area (Å²) in [6.45, 7) is 0.370. The highest BCUT2D eigenvalue weighted by Gasteiger charge is 2.27. The van der Waals surface area contributed by atoms with Gasteiger partial charge in [0.1, 0.15) is 0 Å². The van der Waals surface area contributed by atoms with Gasteiger partial charge in [-0.25, -0.2) is 13.1 Å².